The summed E-state index contributed by atoms with van der Waals surface area (Å²) in [6, 6.07) is 11.0. The second kappa shape index (κ2) is 7.52. The third-order valence-corrected chi connectivity index (χ3v) is 3.48. The van der Waals surface area contributed by atoms with Gasteiger partial charge < -0.3 is 10.1 Å². The van der Waals surface area contributed by atoms with Crippen molar-refractivity contribution in [1.29, 1.82) is 0 Å². The van der Waals surface area contributed by atoms with Gasteiger partial charge in [-0.2, -0.15) is 5.10 Å². The molecule has 3 aromatic rings. The maximum Gasteiger partial charge on any atom is 0.271 e. The van der Waals surface area contributed by atoms with Gasteiger partial charge in [-0.15, -0.1) is 10.2 Å². The monoisotopic (exact) mass is 341 g/mol. The first-order valence-electron chi connectivity index (χ1n) is 7.62. The van der Waals surface area contributed by atoms with E-state index in [9.17, 15) is 9.18 Å². The van der Waals surface area contributed by atoms with Crippen LogP contribution in [-0.4, -0.2) is 39.5 Å². The molecule has 8 heteroatoms. The topological polar surface area (TPSA) is 81.9 Å². The number of aromatic nitrogens is 4. The number of hydrogen-bond acceptors (Lipinski definition) is 5. The maximum absolute atomic E-state index is 12.9. The Morgan fingerprint density at radius 2 is 1.96 bits per heavy atom. The van der Waals surface area contributed by atoms with Crippen LogP contribution in [0.3, 0.4) is 0 Å². The molecule has 0 aliphatic heterocycles. The van der Waals surface area contributed by atoms with Gasteiger partial charge >= 0.3 is 0 Å². The molecular weight excluding hydrogens is 325 g/mol. The van der Waals surface area contributed by atoms with Crippen LogP contribution in [0.1, 0.15) is 16.2 Å². The van der Waals surface area contributed by atoms with E-state index in [1.165, 1.54) is 19.2 Å². The number of hydrogen-bond donors (Lipinski definition) is 1. The normalized spacial score (nSPS) is 10.5. The Balaban J connectivity index is 1.53. The smallest absolute Gasteiger partial charge is 0.271 e. The van der Waals surface area contributed by atoms with E-state index in [0.717, 1.165) is 11.4 Å². The van der Waals surface area contributed by atoms with Gasteiger partial charge in [0.05, 0.1) is 18.5 Å². The zero-order valence-corrected chi connectivity index (χ0v) is 13.5. The van der Waals surface area contributed by atoms with Gasteiger partial charge in [0.25, 0.3) is 5.91 Å². The predicted molar refractivity (Wildman–Crippen MR) is 88.1 cm³/mol. The fourth-order valence-electron chi connectivity index (χ4n) is 2.18. The van der Waals surface area contributed by atoms with Crippen LogP contribution in [0.25, 0.3) is 5.69 Å². The average Bonchev–Trinajstić information content (AvgIpc) is 3.11. The lowest BCUT2D eigenvalue weighted by Crippen LogP contribution is -2.26. The fraction of sp³-hybridized carbons (Fsp3) is 0.176. The van der Waals surface area contributed by atoms with Crippen LogP contribution in [0.4, 0.5) is 4.39 Å². The Hall–Kier alpha value is -3.29. The van der Waals surface area contributed by atoms with E-state index in [2.05, 4.69) is 20.6 Å². The molecule has 1 aromatic carbocycles. The zero-order valence-electron chi connectivity index (χ0n) is 13.5. The number of halogens is 1. The minimum atomic E-state index is -0.312. The Kier molecular flexibility index (Phi) is 4.98. The van der Waals surface area contributed by atoms with E-state index in [1.54, 1.807) is 35.1 Å². The number of carbonyl (C=O) groups is 1. The molecule has 0 spiro atoms. The summed E-state index contributed by atoms with van der Waals surface area (Å²) in [5.41, 5.74) is 1.80. The molecule has 25 heavy (non-hydrogen) atoms. The van der Waals surface area contributed by atoms with E-state index in [4.69, 9.17) is 4.74 Å². The minimum absolute atomic E-state index is 0.220. The van der Waals surface area contributed by atoms with Crippen molar-refractivity contribution in [1.82, 2.24) is 25.3 Å². The minimum Gasteiger partial charge on any atom is -0.480 e. The Morgan fingerprint density at radius 1 is 1.16 bits per heavy atom. The fourth-order valence-corrected chi connectivity index (χ4v) is 2.18. The van der Waals surface area contributed by atoms with Crippen LogP contribution in [0, 0.1) is 5.82 Å². The highest BCUT2D eigenvalue weighted by Crippen LogP contribution is 2.09. The lowest BCUT2D eigenvalue weighted by molar-refractivity contribution is 0.0948. The number of carbonyl (C=O) groups excluding carboxylic acids is 1. The van der Waals surface area contributed by atoms with Gasteiger partial charge in [-0.25, -0.2) is 9.07 Å². The van der Waals surface area contributed by atoms with Crippen LogP contribution in [0.2, 0.25) is 0 Å². The van der Waals surface area contributed by atoms with Crippen molar-refractivity contribution in [3.63, 3.8) is 0 Å². The molecule has 0 atom stereocenters. The molecule has 2 heterocycles. The molecule has 0 aliphatic carbocycles. The molecule has 0 bridgehead atoms. The number of nitrogens with one attached hydrogen (secondary N) is 1. The molecule has 1 N–H and O–H groups in total. The summed E-state index contributed by atoms with van der Waals surface area (Å²) in [6.07, 6.45) is 2.35. The first-order valence-corrected chi connectivity index (χ1v) is 7.62. The molecule has 0 aliphatic rings. The largest absolute Gasteiger partial charge is 0.480 e. The first kappa shape index (κ1) is 16.6. The SMILES string of the molecule is COc1ccc(C(=O)NCCc2ccn(-c3ccc(F)cc3)n2)nn1. The molecule has 0 saturated carbocycles. The molecule has 0 radical (unpaired) electrons. The molecule has 1 amide bonds. The van der Waals surface area contributed by atoms with E-state index in [1.807, 2.05) is 6.07 Å². The van der Waals surface area contributed by atoms with Crippen molar-refractivity contribution >= 4 is 5.91 Å². The van der Waals surface area contributed by atoms with Crippen molar-refractivity contribution in [2.75, 3.05) is 13.7 Å². The predicted octanol–water partition coefficient (Wildman–Crippen LogP) is 1.78. The number of ether oxygens (including phenoxy) is 1. The molecule has 128 valence electrons. The second-order valence-electron chi connectivity index (χ2n) is 5.19. The standard InChI is InChI=1S/C17H16FN5O2/c1-25-16-7-6-15(20-21-16)17(24)19-10-8-13-9-11-23(22-13)14-4-2-12(18)3-5-14/h2-7,9,11H,8,10H2,1H3,(H,19,24). The Morgan fingerprint density at radius 3 is 2.64 bits per heavy atom. The Labute approximate surface area is 143 Å². The summed E-state index contributed by atoms with van der Waals surface area (Å²) in [5.74, 6) is -0.253. The molecule has 2 aromatic heterocycles. The van der Waals surface area contributed by atoms with E-state index in [0.29, 0.717) is 18.8 Å². The van der Waals surface area contributed by atoms with Gasteiger partial charge in [0.1, 0.15) is 5.82 Å². The molecule has 3 rings (SSSR count). The first-order chi connectivity index (χ1) is 12.2. The van der Waals surface area contributed by atoms with Gasteiger partial charge in [-0.3, -0.25) is 4.79 Å². The maximum atomic E-state index is 12.9. The van der Waals surface area contributed by atoms with Crippen LogP contribution >= 0.6 is 0 Å². The van der Waals surface area contributed by atoms with Crippen molar-refractivity contribution in [2.45, 2.75) is 6.42 Å². The van der Waals surface area contributed by atoms with E-state index in [-0.39, 0.29) is 17.4 Å². The third-order valence-electron chi connectivity index (χ3n) is 3.48. The summed E-state index contributed by atoms with van der Waals surface area (Å²) in [6.45, 7) is 0.410. The summed E-state index contributed by atoms with van der Waals surface area (Å²) in [7, 11) is 1.48. The number of methoxy groups -OCH3 is 1. The number of benzene rings is 1. The van der Waals surface area contributed by atoms with Gasteiger partial charge in [0, 0.05) is 25.2 Å². The number of nitrogens with zero attached hydrogens (tertiary/aromatic N) is 4. The summed E-state index contributed by atoms with van der Waals surface area (Å²) in [5, 5.41) is 14.7. The van der Waals surface area contributed by atoms with Gasteiger partial charge in [0.2, 0.25) is 5.88 Å². The van der Waals surface area contributed by atoms with Gasteiger partial charge in [0.15, 0.2) is 5.69 Å². The van der Waals surface area contributed by atoms with E-state index >= 15 is 0 Å². The Bertz CT molecular complexity index is 846. The highest BCUT2D eigenvalue weighted by molar-refractivity contribution is 5.92. The summed E-state index contributed by atoms with van der Waals surface area (Å²) >= 11 is 0. The highest BCUT2D eigenvalue weighted by atomic mass is 19.1. The van der Waals surface area contributed by atoms with Crippen molar-refractivity contribution in [3.8, 4) is 11.6 Å². The average molecular weight is 341 g/mol. The second-order valence-corrected chi connectivity index (χ2v) is 5.19. The van der Waals surface area contributed by atoms with Gasteiger partial charge in [-0.1, -0.05) is 0 Å². The lowest BCUT2D eigenvalue weighted by Gasteiger charge is -2.04. The lowest BCUT2D eigenvalue weighted by atomic mass is 10.3. The highest BCUT2D eigenvalue weighted by Gasteiger charge is 2.08. The van der Waals surface area contributed by atoms with Crippen molar-refractivity contribution in [2.24, 2.45) is 0 Å². The van der Waals surface area contributed by atoms with Gasteiger partial charge in [-0.05, 0) is 36.4 Å². The van der Waals surface area contributed by atoms with Crippen molar-refractivity contribution in [3.05, 3.63) is 65.9 Å². The molecule has 0 saturated heterocycles. The number of amides is 1. The van der Waals surface area contributed by atoms with Crippen LogP contribution in [-0.2, 0) is 6.42 Å². The number of rotatable bonds is 6. The molecular formula is C17H16FN5O2. The quantitative estimate of drug-likeness (QED) is 0.739. The zero-order chi connectivity index (χ0) is 17.6. The van der Waals surface area contributed by atoms with Crippen molar-refractivity contribution < 1.29 is 13.9 Å². The summed E-state index contributed by atoms with van der Waals surface area (Å²) < 4.78 is 19.5. The molecule has 7 nitrogen and oxygen atoms in total. The van der Waals surface area contributed by atoms with Crippen LogP contribution in [0.5, 0.6) is 5.88 Å². The summed E-state index contributed by atoms with van der Waals surface area (Å²) in [4.78, 5) is 12.0. The van der Waals surface area contributed by atoms with Crippen LogP contribution in [0.15, 0.2) is 48.7 Å². The molecule has 0 fully saturated rings. The third kappa shape index (κ3) is 4.17. The molecule has 0 unspecified atom stereocenters. The van der Waals surface area contributed by atoms with Crippen LogP contribution < -0.4 is 10.1 Å². The van der Waals surface area contributed by atoms with E-state index < -0.39 is 0 Å².